The molecule has 11 heteroatoms. The van der Waals surface area contributed by atoms with E-state index >= 15 is 0 Å². The minimum absolute atomic E-state index is 0.111. The molecule has 3 aromatic rings. The van der Waals surface area contributed by atoms with Crippen molar-refractivity contribution < 1.29 is 26.4 Å². The zero-order chi connectivity index (χ0) is 24.2. The van der Waals surface area contributed by atoms with Gasteiger partial charge < -0.3 is 5.32 Å². The van der Waals surface area contributed by atoms with Gasteiger partial charge in [0.1, 0.15) is 4.90 Å². The molecule has 5 nitrogen and oxygen atoms in total. The van der Waals surface area contributed by atoms with Crippen molar-refractivity contribution in [3.8, 4) is 0 Å². The van der Waals surface area contributed by atoms with Gasteiger partial charge in [0, 0.05) is 11.6 Å². The molecule has 0 aliphatic heterocycles. The van der Waals surface area contributed by atoms with Crippen molar-refractivity contribution in [2.75, 3.05) is 11.9 Å². The summed E-state index contributed by atoms with van der Waals surface area (Å²) in [6.45, 7) is -0.980. The van der Waals surface area contributed by atoms with E-state index in [9.17, 15) is 26.4 Å². The fourth-order valence-corrected chi connectivity index (χ4v) is 5.14. The molecule has 3 aromatic carbocycles. The number of hydrogen-bond acceptors (Lipinski definition) is 3. The molecule has 1 amide bonds. The molecule has 3 rings (SSSR count). The first-order chi connectivity index (χ1) is 15.5. The van der Waals surface area contributed by atoms with Crippen LogP contribution in [-0.2, 0) is 27.5 Å². The highest BCUT2D eigenvalue weighted by atomic mass is 35.5. The topological polar surface area (TPSA) is 66.5 Å². The molecule has 0 bridgehead atoms. The van der Waals surface area contributed by atoms with Crippen LogP contribution in [0.5, 0.6) is 0 Å². The summed E-state index contributed by atoms with van der Waals surface area (Å²) in [4.78, 5) is 12.4. The Kier molecular flexibility index (Phi) is 7.69. The molecule has 174 valence electrons. The minimum atomic E-state index is -4.70. The maximum Gasteiger partial charge on any atom is 0.418 e. The Bertz CT molecular complexity index is 1250. The molecule has 33 heavy (non-hydrogen) atoms. The SMILES string of the molecule is O=C(CN(Cc1ccccc1)S(=O)(=O)c1cc(Cl)ccc1Cl)Nc1ccccc1C(F)(F)F. The maximum atomic E-state index is 13.3. The predicted molar refractivity (Wildman–Crippen MR) is 121 cm³/mol. The standard InChI is InChI=1S/C22H17Cl2F3N2O3S/c23-16-10-11-18(24)20(12-16)33(31,32)29(13-15-6-2-1-3-7-15)14-21(30)28-19-9-5-4-8-17(19)22(25,26)27/h1-12H,13-14H2,(H,28,30). The van der Waals surface area contributed by atoms with Crippen molar-refractivity contribution in [2.45, 2.75) is 17.6 Å². The number of hydrogen-bond donors (Lipinski definition) is 1. The average Bonchev–Trinajstić information content (AvgIpc) is 2.75. The van der Waals surface area contributed by atoms with Crippen molar-refractivity contribution >= 4 is 44.8 Å². The number of rotatable bonds is 7. The van der Waals surface area contributed by atoms with Crippen molar-refractivity contribution in [1.82, 2.24) is 4.31 Å². The highest BCUT2D eigenvalue weighted by molar-refractivity contribution is 7.89. The quantitative estimate of drug-likeness (QED) is 0.428. The van der Waals surface area contributed by atoms with E-state index in [2.05, 4.69) is 5.32 Å². The zero-order valence-corrected chi connectivity index (χ0v) is 19.1. The fraction of sp³-hybridized carbons (Fsp3) is 0.136. The van der Waals surface area contributed by atoms with Crippen LogP contribution in [0.4, 0.5) is 18.9 Å². The van der Waals surface area contributed by atoms with Crippen LogP contribution in [0.2, 0.25) is 10.0 Å². The summed E-state index contributed by atoms with van der Waals surface area (Å²) in [5.41, 5.74) is -0.968. The number of para-hydroxylation sites is 1. The fourth-order valence-electron chi connectivity index (χ4n) is 3.02. The molecule has 0 fully saturated rings. The Morgan fingerprint density at radius 2 is 1.58 bits per heavy atom. The molecule has 1 N–H and O–H groups in total. The van der Waals surface area contributed by atoms with E-state index in [0.717, 1.165) is 22.5 Å². The van der Waals surface area contributed by atoms with Crippen molar-refractivity contribution in [2.24, 2.45) is 0 Å². The van der Waals surface area contributed by atoms with Gasteiger partial charge in [-0.05, 0) is 35.9 Å². The Morgan fingerprint density at radius 3 is 2.24 bits per heavy atom. The Labute approximate surface area is 198 Å². The highest BCUT2D eigenvalue weighted by Gasteiger charge is 2.34. The third-order valence-electron chi connectivity index (χ3n) is 4.54. The molecule has 0 aliphatic carbocycles. The van der Waals surface area contributed by atoms with Gasteiger partial charge in [0.15, 0.2) is 0 Å². The van der Waals surface area contributed by atoms with Crippen LogP contribution in [0.3, 0.4) is 0 Å². The third-order valence-corrected chi connectivity index (χ3v) is 7.05. The molecule has 0 unspecified atom stereocenters. The van der Waals surface area contributed by atoms with Crippen molar-refractivity contribution in [3.63, 3.8) is 0 Å². The Morgan fingerprint density at radius 1 is 0.939 bits per heavy atom. The first kappa shape index (κ1) is 25.0. The lowest BCUT2D eigenvalue weighted by Gasteiger charge is -2.23. The third kappa shape index (κ3) is 6.26. The number of halogens is 5. The monoisotopic (exact) mass is 516 g/mol. The van der Waals surface area contributed by atoms with E-state index in [1.54, 1.807) is 30.3 Å². The molecule has 0 aliphatic rings. The number of carbonyl (C=O) groups excluding carboxylic acids is 1. The number of nitrogens with one attached hydrogen (secondary N) is 1. The first-order valence-corrected chi connectivity index (χ1v) is 11.6. The molecule has 0 atom stereocenters. The van der Waals surface area contributed by atoms with Gasteiger partial charge in [-0.1, -0.05) is 65.7 Å². The molecular formula is C22H17Cl2F3N2O3S. The number of nitrogens with zero attached hydrogens (tertiary/aromatic N) is 1. The number of sulfonamides is 1. The van der Waals surface area contributed by atoms with E-state index in [1.165, 1.54) is 24.3 Å². The second kappa shape index (κ2) is 10.1. The van der Waals surface area contributed by atoms with Gasteiger partial charge in [0.05, 0.1) is 22.8 Å². The van der Waals surface area contributed by atoms with Gasteiger partial charge >= 0.3 is 6.18 Å². The molecule has 0 saturated heterocycles. The normalized spacial score (nSPS) is 12.1. The van der Waals surface area contributed by atoms with Crippen molar-refractivity contribution in [1.29, 1.82) is 0 Å². The van der Waals surface area contributed by atoms with Gasteiger partial charge in [-0.3, -0.25) is 4.79 Å². The number of amides is 1. The number of anilines is 1. The molecular weight excluding hydrogens is 500 g/mol. The largest absolute Gasteiger partial charge is 0.418 e. The molecule has 0 aromatic heterocycles. The van der Waals surface area contributed by atoms with E-state index in [4.69, 9.17) is 23.2 Å². The highest BCUT2D eigenvalue weighted by Crippen LogP contribution is 2.34. The van der Waals surface area contributed by atoms with Gasteiger partial charge in [0.2, 0.25) is 15.9 Å². The molecule has 0 radical (unpaired) electrons. The van der Waals surface area contributed by atoms with Gasteiger partial charge in [-0.15, -0.1) is 0 Å². The zero-order valence-electron chi connectivity index (χ0n) is 16.8. The van der Waals surface area contributed by atoms with Crippen LogP contribution in [-0.4, -0.2) is 25.2 Å². The van der Waals surface area contributed by atoms with E-state index in [1.807, 2.05) is 0 Å². The summed E-state index contributed by atoms with van der Waals surface area (Å²) < 4.78 is 67.3. The molecule has 0 saturated carbocycles. The second-order valence-corrected chi connectivity index (χ2v) is 9.67. The van der Waals surface area contributed by atoms with Gasteiger partial charge in [0.25, 0.3) is 0 Å². The maximum absolute atomic E-state index is 13.3. The second-order valence-electron chi connectivity index (χ2n) is 6.92. The Balaban J connectivity index is 1.94. The summed E-state index contributed by atoms with van der Waals surface area (Å²) >= 11 is 12.0. The predicted octanol–water partition coefficient (Wildman–Crippen LogP) is 5.84. The molecule has 0 heterocycles. The van der Waals surface area contributed by atoms with Crippen LogP contribution in [0.25, 0.3) is 0 Å². The van der Waals surface area contributed by atoms with E-state index < -0.39 is 39.9 Å². The van der Waals surface area contributed by atoms with Crippen LogP contribution < -0.4 is 5.32 Å². The summed E-state index contributed by atoms with van der Waals surface area (Å²) in [6, 6.07) is 16.7. The van der Waals surface area contributed by atoms with Crippen LogP contribution in [0.15, 0.2) is 77.7 Å². The Hall–Kier alpha value is -2.59. The molecule has 0 spiro atoms. The van der Waals surface area contributed by atoms with Crippen LogP contribution in [0.1, 0.15) is 11.1 Å². The smallest absolute Gasteiger partial charge is 0.324 e. The lowest BCUT2D eigenvalue weighted by Crippen LogP contribution is -2.38. The lowest BCUT2D eigenvalue weighted by molar-refractivity contribution is -0.137. The summed E-state index contributed by atoms with van der Waals surface area (Å²) in [5, 5.41) is 2.16. The first-order valence-electron chi connectivity index (χ1n) is 9.43. The van der Waals surface area contributed by atoms with Crippen LogP contribution >= 0.6 is 23.2 Å². The average molecular weight is 517 g/mol. The van der Waals surface area contributed by atoms with Crippen molar-refractivity contribution in [3.05, 3.63) is 94.0 Å². The lowest BCUT2D eigenvalue weighted by atomic mass is 10.1. The summed E-state index contributed by atoms with van der Waals surface area (Å²) in [7, 11) is -4.34. The number of alkyl halides is 3. The van der Waals surface area contributed by atoms with Crippen LogP contribution in [0, 0.1) is 0 Å². The van der Waals surface area contributed by atoms with E-state index in [0.29, 0.717) is 5.56 Å². The van der Waals surface area contributed by atoms with Gasteiger partial charge in [-0.2, -0.15) is 17.5 Å². The summed E-state index contributed by atoms with van der Waals surface area (Å²) in [5.74, 6) is -0.954. The number of benzene rings is 3. The van der Waals surface area contributed by atoms with Gasteiger partial charge in [-0.25, -0.2) is 8.42 Å². The summed E-state index contributed by atoms with van der Waals surface area (Å²) in [6.07, 6.45) is -4.70. The minimum Gasteiger partial charge on any atom is -0.324 e. The van der Waals surface area contributed by atoms with E-state index in [-0.39, 0.29) is 21.5 Å². The number of carbonyl (C=O) groups is 1.